The number of carbonyl (C=O) groups excluding carboxylic acids is 1. The molecule has 2 saturated heterocycles. The first-order valence-electron chi connectivity index (χ1n) is 15.3. The van der Waals surface area contributed by atoms with Gasteiger partial charge in [0, 0.05) is 54.5 Å². The summed E-state index contributed by atoms with van der Waals surface area (Å²) in [5.74, 6) is 0.666. The number of benzene rings is 1. The van der Waals surface area contributed by atoms with Gasteiger partial charge in [-0.25, -0.2) is 9.97 Å². The van der Waals surface area contributed by atoms with Gasteiger partial charge in [0.15, 0.2) is 0 Å². The third kappa shape index (κ3) is 6.93. The number of carbonyl (C=O) groups is 1. The average molecular weight is 640 g/mol. The smallest absolute Gasteiger partial charge is 0.391 e. The van der Waals surface area contributed by atoms with E-state index in [-0.39, 0.29) is 16.8 Å². The van der Waals surface area contributed by atoms with Gasteiger partial charge in [-0.3, -0.25) is 9.69 Å². The topological polar surface area (TPSA) is 110 Å². The largest absolute Gasteiger partial charge is 0.393 e. The molecule has 1 aromatic carbocycles. The van der Waals surface area contributed by atoms with E-state index in [4.69, 9.17) is 0 Å². The zero-order valence-corrected chi connectivity index (χ0v) is 25.9. The van der Waals surface area contributed by atoms with Crippen molar-refractivity contribution in [2.45, 2.75) is 70.4 Å². The predicted molar refractivity (Wildman–Crippen MR) is 167 cm³/mol. The van der Waals surface area contributed by atoms with Gasteiger partial charge in [-0.05, 0) is 67.9 Å². The van der Waals surface area contributed by atoms with E-state index in [2.05, 4.69) is 39.2 Å². The Morgan fingerprint density at radius 1 is 1.13 bits per heavy atom. The fourth-order valence-electron chi connectivity index (χ4n) is 6.70. The van der Waals surface area contributed by atoms with Crippen molar-refractivity contribution in [1.82, 2.24) is 24.3 Å². The number of hydrogen-bond acceptors (Lipinski definition) is 8. The van der Waals surface area contributed by atoms with Crippen molar-refractivity contribution in [3.63, 3.8) is 0 Å². The van der Waals surface area contributed by atoms with Crippen molar-refractivity contribution >= 4 is 44.7 Å². The first-order chi connectivity index (χ1) is 21.6. The number of aromatic nitrogens is 3. The minimum absolute atomic E-state index is 0.0837. The molecule has 13 heteroatoms. The van der Waals surface area contributed by atoms with Gasteiger partial charge in [-0.15, -0.1) is 11.3 Å². The molecule has 0 radical (unpaired) electrons. The van der Waals surface area contributed by atoms with Crippen LogP contribution in [0.25, 0.3) is 21.1 Å². The van der Waals surface area contributed by atoms with E-state index in [0.717, 1.165) is 79.5 Å². The molecular formula is C32H36F3N7O2S. The number of alkyl halides is 3. The van der Waals surface area contributed by atoms with Gasteiger partial charge in [-0.1, -0.05) is 6.07 Å². The number of thiophene rings is 1. The molecule has 0 aliphatic carbocycles. The lowest BCUT2D eigenvalue weighted by Crippen LogP contribution is -2.39. The van der Waals surface area contributed by atoms with Gasteiger partial charge in [-0.2, -0.15) is 18.4 Å². The molecule has 1 unspecified atom stereocenters. The second kappa shape index (κ2) is 12.9. The van der Waals surface area contributed by atoms with Crippen molar-refractivity contribution in [2.24, 2.45) is 5.92 Å². The second-order valence-electron chi connectivity index (χ2n) is 12.2. The highest BCUT2D eigenvalue weighted by Gasteiger charge is 2.30. The van der Waals surface area contributed by atoms with Crippen molar-refractivity contribution in [2.75, 3.05) is 31.5 Å². The molecule has 238 valence electrons. The van der Waals surface area contributed by atoms with Gasteiger partial charge in [0.1, 0.15) is 28.7 Å². The highest BCUT2D eigenvalue weighted by atomic mass is 32.1. The maximum atomic E-state index is 12.9. The molecule has 0 spiro atoms. The number of halogens is 3. The lowest BCUT2D eigenvalue weighted by atomic mass is 9.91. The zero-order chi connectivity index (χ0) is 31.7. The van der Waals surface area contributed by atoms with Crippen LogP contribution >= 0.6 is 11.3 Å². The summed E-state index contributed by atoms with van der Waals surface area (Å²) >= 11 is 1.05. The van der Waals surface area contributed by atoms with Crippen LogP contribution in [0.4, 0.5) is 19.0 Å². The Morgan fingerprint density at radius 3 is 2.58 bits per heavy atom. The Balaban J connectivity index is 1.09. The quantitative estimate of drug-likeness (QED) is 0.241. The predicted octanol–water partition coefficient (Wildman–Crippen LogP) is 5.24. The first kappa shape index (κ1) is 31.3. The Labute approximate surface area is 263 Å². The number of nitriles is 1. The molecule has 2 fully saturated rings. The summed E-state index contributed by atoms with van der Waals surface area (Å²) in [6.45, 7) is 6.18. The number of nitrogens with one attached hydrogen (secondary N) is 1. The fraction of sp³-hybridized carbons (Fsp3) is 0.500. The molecule has 6 rings (SSSR count). The van der Waals surface area contributed by atoms with Crippen molar-refractivity contribution in [3.05, 3.63) is 52.3 Å². The third-order valence-corrected chi connectivity index (χ3v) is 10.3. The van der Waals surface area contributed by atoms with E-state index >= 15 is 0 Å². The summed E-state index contributed by atoms with van der Waals surface area (Å²) in [7, 11) is 0. The van der Waals surface area contributed by atoms with Crippen molar-refractivity contribution in [1.29, 1.82) is 5.26 Å². The number of aryl methyl sites for hydroxylation is 1. The molecule has 45 heavy (non-hydrogen) atoms. The maximum absolute atomic E-state index is 12.9. The minimum atomic E-state index is -4.26. The van der Waals surface area contributed by atoms with Gasteiger partial charge < -0.3 is 19.9 Å². The summed E-state index contributed by atoms with van der Waals surface area (Å²) in [5.41, 5.74) is 3.76. The van der Waals surface area contributed by atoms with Gasteiger partial charge in [0.25, 0.3) is 0 Å². The van der Waals surface area contributed by atoms with Crippen LogP contribution in [0.5, 0.6) is 0 Å². The number of fused-ring (bicyclic) bond motifs is 2. The van der Waals surface area contributed by atoms with Crippen LogP contribution in [0.1, 0.15) is 47.4 Å². The standard InChI is InChI=1S/C32H36F3N7O2S/c1-20-22(2-3-28-26(20)12-24(15-36)42(28)17-29(44)21-4-8-41(19-43)9-5-21)16-40-10-6-23(7-11-40)39-30-27-13-25(14-32(33,34)35)45-31(27)38-18-37-30/h2-3,12-13,18-19,21,23,29,44H,4-11,14,16-17H2,1H3,(H,37,38,39). The van der Waals surface area contributed by atoms with Crippen LogP contribution in [0.15, 0.2) is 30.6 Å². The second-order valence-corrected chi connectivity index (χ2v) is 13.3. The van der Waals surface area contributed by atoms with E-state index in [9.17, 15) is 28.3 Å². The summed E-state index contributed by atoms with van der Waals surface area (Å²) in [6.07, 6.45) is -0.348. The molecule has 2 aliphatic rings. The maximum Gasteiger partial charge on any atom is 0.393 e. The van der Waals surface area contributed by atoms with Crippen LogP contribution in [0, 0.1) is 24.2 Å². The Hall–Kier alpha value is -3.73. The summed E-state index contributed by atoms with van der Waals surface area (Å²) in [4.78, 5) is 24.5. The van der Waals surface area contributed by atoms with E-state index in [1.807, 2.05) is 16.7 Å². The summed E-state index contributed by atoms with van der Waals surface area (Å²) in [6, 6.07) is 10.1. The number of likely N-dealkylation sites (tertiary alicyclic amines) is 2. The van der Waals surface area contributed by atoms with Crippen LogP contribution in [-0.4, -0.2) is 80.4 Å². The number of hydrogen-bond donors (Lipinski definition) is 2. The number of amides is 1. The molecule has 0 bridgehead atoms. The number of piperidine rings is 2. The number of aliphatic hydroxyl groups excluding tert-OH is 1. The highest BCUT2D eigenvalue weighted by molar-refractivity contribution is 7.18. The number of anilines is 1. The van der Waals surface area contributed by atoms with Gasteiger partial charge in [0.05, 0.1) is 24.5 Å². The van der Waals surface area contributed by atoms with Crippen LogP contribution < -0.4 is 5.32 Å². The van der Waals surface area contributed by atoms with Crippen LogP contribution in [0.3, 0.4) is 0 Å². The van der Waals surface area contributed by atoms with Crippen molar-refractivity contribution in [3.8, 4) is 6.07 Å². The lowest BCUT2D eigenvalue weighted by Gasteiger charge is -2.33. The molecule has 2 aliphatic heterocycles. The fourth-order valence-corrected chi connectivity index (χ4v) is 7.73. The average Bonchev–Trinajstić information content (AvgIpc) is 3.60. The van der Waals surface area contributed by atoms with E-state index in [0.29, 0.717) is 41.4 Å². The molecule has 4 aromatic rings. The number of nitrogens with zero attached hydrogens (tertiary/aromatic N) is 6. The lowest BCUT2D eigenvalue weighted by molar-refractivity contribution is -0.126. The summed E-state index contributed by atoms with van der Waals surface area (Å²) < 4.78 is 40.7. The SMILES string of the molecule is Cc1c(CN2CCC(Nc3ncnc4sc(CC(F)(F)F)cc34)CC2)ccc2c1cc(C#N)n2CC(O)C1CCN(C=O)CC1. The van der Waals surface area contributed by atoms with Crippen LogP contribution in [-0.2, 0) is 24.3 Å². The Kier molecular flexibility index (Phi) is 8.99. The normalized spacial score (nSPS) is 18.0. The minimum Gasteiger partial charge on any atom is -0.391 e. The Morgan fingerprint density at radius 2 is 1.89 bits per heavy atom. The van der Waals surface area contributed by atoms with E-state index < -0.39 is 18.7 Å². The van der Waals surface area contributed by atoms with E-state index in [1.54, 1.807) is 11.0 Å². The summed E-state index contributed by atoms with van der Waals surface area (Å²) in [5, 5.41) is 26.0. The molecule has 1 atom stereocenters. The highest BCUT2D eigenvalue weighted by Crippen LogP contribution is 2.34. The molecule has 9 nitrogen and oxygen atoms in total. The van der Waals surface area contributed by atoms with Gasteiger partial charge >= 0.3 is 6.18 Å². The molecule has 2 N–H and O–H groups in total. The number of aliphatic hydroxyl groups is 1. The first-order valence-corrected chi connectivity index (χ1v) is 16.1. The zero-order valence-electron chi connectivity index (χ0n) is 25.1. The Bertz CT molecular complexity index is 1710. The molecule has 5 heterocycles. The molecule has 0 saturated carbocycles. The molecular weight excluding hydrogens is 603 g/mol. The number of rotatable bonds is 9. The monoisotopic (exact) mass is 639 g/mol. The third-order valence-electron chi connectivity index (χ3n) is 9.30. The molecule has 1 amide bonds. The van der Waals surface area contributed by atoms with Crippen molar-refractivity contribution < 1.29 is 23.1 Å². The molecule has 3 aromatic heterocycles. The van der Waals surface area contributed by atoms with E-state index in [1.165, 1.54) is 11.9 Å². The van der Waals surface area contributed by atoms with Gasteiger partial charge in [0.2, 0.25) is 6.41 Å². The van der Waals surface area contributed by atoms with Crippen LogP contribution in [0.2, 0.25) is 0 Å².